The van der Waals surface area contributed by atoms with E-state index in [1.165, 1.54) is 48.4 Å². The van der Waals surface area contributed by atoms with Gasteiger partial charge in [-0.15, -0.1) is 0 Å². The van der Waals surface area contributed by atoms with Gasteiger partial charge in [-0.3, -0.25) is 14.2 Å². The van der Waals surface area contributed by atoms with Crippen LogP contribution in [0.2, 0.25) is 0 Å². The maximum absolute atomic E-state index is 13.1. The molecule has 0 atom stereocenters. The molecule has 0 unspecified atom stereocenters. The highest BCUT2D eigenvalue weighted by molar-refractivity contribution is 7.93. The molecule has 2 N–H and O–H groups in total. The average Bonchev–Trinajstić information content (AvgIpc) is 2.92. The first kappa shape index (κ1) is 29.2. The molecule has 1 aliphatic rings. The van der Waals surface area contributed by atoms with Crippen LogP contribution in [0.5, 0.6) is 5.75 Å². The van der Waals surface area contributed by atoms with E-state index in [1.807, 2.05) is 0 Å². The van der Waals surface area contributed by atoms with Crippen molar-refractivity contribution < 1.29 is 44.3 Å². The van der Waals surface area contributed by atoms with Gasteiger partial charge in [0.2, 0.25) is 0 Å². The second-order valence-electron chi connectivity index (χ2n) is 8.58. The van der Waals surface area contributed by atoms with Gasteiger partial charge in [0, 0.05) is 24.5 Å². The van der Waals surface area contributed by atoms with Crippen LogP contribution >= 0.6 is 0 Å². The van der Waals surface area contributed by atoms with Crippen molar-refractivity contribution in [3.8, 4) is 5.75 Å². The summed E-state index contributed by atoms with van der Waals surface area (Å²) in [6, 6.07) is 12.1. The van der Waals surface area contributed by atoms with Crippen LogP contribution in [0, 0.1) is 0 Å². The van der Waals surface area contributed by atoms with Crippen LogP contribution in [0.3, 0.4) is 0 Å². The first-order chi connectivity index (χ1) is 18.8. The Balaban J connectivity index is 1.52. The number of benzene rings is 3. The summed E-state index contributed by atoms with van der Waals surface area (Å²) in [5.74, 6) is -0.224. The highest BCUT2D eigenvalue weighted by Crippen LogP contribution is 2.31. The fourth-order valence-corrected chi connectivity index (χ4v) is 5.98. The Bertz CT molecular complexity index is 1610. The molecule has 0 saturated carbocycles. The molecule has 3 aromatic carbocycles. The van der Waals surface area contributed by atoms with Crippen LogP contribution in [-0.4, -0.2) is 61.1 Å². The van der Waals surface area contributed by atoms with Gasteiger partial charge >= 0.3 is 6.18 Å². The lowest BCUT2D eigenvalue weighted by atomic mass is 10.1. The molecule has 0 bridgehead atoms. The summed E-state index contributed by atoms with van der Waals surface area (Å²) < 4.78 is 105. The lowest BCUT2D eigenvalue weighted by molar-refractivity contribution is -0.137. The summed E-state index contributed by atoms with van der Waals surface area (Å²) in [5, 5.41) is 0. The molecule has 1 amide bonds. The topological polar surface area (TPSA) is 131 Å². The fourth-order valence-electron chi connectivity index (χ4n) is 3.85. The third-order valence-electron chi connectivity index (χ3n) is 5.87. The number of morpholine rings is 1. The van der Waals surface area contributed by atoms with Gasteiger partial charge in [0.1, 0.15) is 5.75 Å². The first-order valence-corrected chi connectivity index (χ1v) is 14.6. The molecule has 3 aromatic rings. The second-order valence-corrected chi connectivity index (χ2v) is 11.9. The fraction of sp³-hybridized carbons (Fsp3) is 0.240. The highest BCUT2D eigenvalue weighted by atomic mass is 32.2. The third-order valence-corrected chi connectivity index (χ3v) is 8.65. The number of nitrogens with zero attached hydrogens (tertiary/aromatic N) is 1. The standard InChI is InChI=1S/C25H24F3N3O7S2/c1-37-23-10-9-21(16-22(23)24(32)31-11-13-38-14-12-31)40(35,36)29-18-5-7-20(8-6-18)39(33,34)30-19-4-2-3-17(15-19)25(26,27)28/h2-10,15-16,29-30H,11-14H2,1H3. The Hall–Kier alpha value is -3.82. The highest BCUT2D eigenvalue weighted by Gasteiger charge is 2.31. The van der Waals surface area contributed by atoms with Gasteiger partial charge < -0.3 is 14.4 Å². The van der Waals surface area contributed by atoms with E-state index in [0.717, 1.165) is 24.3 Å². The van der Waals surface area contributed by atoms with Crippen LogP contribution in [0.15, 0.2) is 76.5 Å². The molecular weight excluding hydrogens is 575 g/mol. The Morgan fingerprint density at radius 1 is 0.850 bits per heavy atom. The summed E-state index contributed by atoms with van der Waals surface area (Å²) in [4.78, 5) is 14.0. The molecule has 214 valence electrons. The predicted octanol–water partition coefficient (Wildman–Crippen LogP) is 3.79. The first-order valence-electron chi connectivity index (χ1n) is 11.7. The molecule has 1 saturated heterocycles. The van der Waals surface area contributed by atoms with E-state index in [0.29, 0.717) is 32.4 Å². The zero-order chi connectivity index (χ0) is 29.1. The van der Waals surface area contributed by atoms with E-state index in [-0.39, 0.29) is 32.5 Å². The number of sulfonamides is 2. The Morgan fingerprint density at radius 2 is 1.45 bits per heavy atom. The number of alkyl halides is 3. The number of amides is 1. The van der Waals surface area contributed by atoms with E-state index in [4.69, 9.17) is 9.47 Å². The molecule has 0 spiro atoms. The van der Waals surface area contributed by atoms with Crippen molar-refractivity contribution in [1.29, 1.82) is 0 Å². The summed E-state index contributed by atoms with van der Waals surface area (Å²) in [5.41, 5.74) is -1.25. The molecule has 1 aliphatic heterocycles. The molecule has 1 heterocycles. The van der Waals surface area contributed by atoms with Crippen LogP contribution in [0.1, 0.15) is 15.9 Å². The predicted molar refractivity (Wildman–Crippen MR) is 139 cm³/mol. The minimum absolute atomic E-state index is 0.00916. The number of hydrogen-bond acceptors (Lipinski definition) is 7. The van der Waals surface area contributed by atoms with E-state index in [2.05, 4.69) is 9.44 Å². The number of halogens is 3. The number of hydrogen-bond donors (Lipinski definition) is 2. The van der Waals surface area contributed by atoms with Gasteiger partial charge in [-0.1, -0.05) is 6.07 Å². The van der Waals surface area contributed by atoms with Crippen LogP contribution in [0.4, 0.5) is 24.5 Å². The van der Waals surface area contributed by atoms with Gasteiger partial charge in [0.05, 0.1) is 41.2 Å². The maximum Gasteiger partial charge on any atom is 0.416 e. The van der Waals surface area contributed by atoms with Crippen molar-refractivity contribution in [2.75, 3.05) is 42.9 Å². The number of methoxy groups -OCH3 is 1. The molecule has 1 fully saturated rings. The zero-order valence-electron chi connectivity index (χ0n) is 20.9. The zero-order valence-corrected chi connectivity index (χ0v) is 22.6. The van der Waals surface area contributed by atoms with E-state index in [9.17, 15) is 34.8 Å². The molecular formula is C25H24F3N3O7S2. The monoisotopic (exact) mass is 599 g/mol. The maximum atomic E-state index is 13.1. The van der Waals surface area contributed by atoms with E-state index < -0.39 is 37.7 Å². The smallest absolute Gasteiger partial charge is 0.416 e. The summed E-state index contributed by atoms with van der Waals surface area (Å²) in [7, 11) is -7.14. The SMILES string of the molecule is COc1ccc(S(=O)(=O)Nc2ccc(S(=O)(=O)Nc3cccc(C(F)(F)F)c3)cc2)cc1C(=O)N1CCOCC1. The molecule has 0 aromatic heterocycles. The number of ether oxygens (including phenoxy) is 2. The Labute approximate surface area is 228 Å². The largest absolute Gasteiger partial charge is 0.496 e. The number of carbonyl (C=O) groups excluding carboxylic acids is 1. The van der Waals surface area contributed by atoms with Gasteiger partial charge in [-0.25, -0.2) is 16.8 Å². The summed E-state index contributed by atoms with van der Waals surface area (Å²) >= 11 is 0. The van der Waals surface area contributed by atoms with Crippen LogP contribution in [0.25, 0.3) is 0 Å². The van der Waals surface area contributed by atoms with Crippen molar-refractivity contribution in [2.45, 2.75) is 16.0 Å². The average molecular weight is 600 g/mol. The summed E-state index contributed by atoms with van der Waals surface area (Å²) in [6.45, 7) is 1.40. The van der Waals surface area contributed by atoms with Gasteiger partial charge in [0.15, 0.2) is 0 Å². The minimum atomic E-state index is -4.65. The lowest BCUT2D eigenvalue weighted by Crippen LogP contribution is -2.40. The van der Waals surface area contributed by atoms with Gasteiger partial charge in [-0.2, -0.15) is 13.2 Å². The molecule has 40 heavy (non-hydrogen) atoms. The van der Waals surface area contributed by atoms with Crippen molar-refractivity contribution in [2.24, 2.45) is 0 Å². The number of anilines is 2. The van der Waals surface area contributed by atoms with Gasteiger partial charge in [0.25, 0.3) is 26.0 Å². The molecule has 4 rings (SSSR count). The normalized spacial score (nSPS) is 14.4. The molecule has 0 aliphatic carbocycles. The van der Waals surface area contributed by atoms with Crippen molar-refractivity contribution in [3.63, 3.8) is 0 Å². The van der Waals surface area contributed by atoms with Crippen molar-refractivity contribution in [1.82, 2.24) is 4.90 Å². The molecule has 0 radical (unpaired) electrons. The van der Waals surface area contributed by atoms with E-state index >= 15 is 0 Å². The minimum Gasteiger partial charge on any atom is -0.496 e. The Morgan fingerprint density at radius 3 is 2.08 bits per heavy atom. The third kappa shape index (κ3) is 6.66. The lowest BCUT2D eigenvalue weighted by Gasteiger charge is -2.27. The van der Waals surface area contributed by atoms with Crippen molar-refractivity contribution in [3.05, 3.63) is 77.9 Å². The molecule has 15 heteroatoms. The number of carbonyl (C=O) groups is 1. The van der Waals surface area contributed by atoms with Crippen LogP contribution in [-0.2, 0) is 31.0 Å². The van der Waals surface area contributed by atoms with Crippen LogP contribution < -0.4 is 14.2 Å². The summed E-state index contributed by atoms with van der Waals surface area (Å²) in [6.07, 6.45) is -4.65. The Kier molecular flexibility index (Phi) is 8.28. The van der Waals surface area contributed by atoms with Gasteiger partial charge in [-0.05, 0) is 60.7 Å². The number of rotatable bonds is 8. The van der Waals surface area contributed by atoms with E-state index in [1.54, 1.807) is 0 Å². The quantitative estimate of drug-likeness (QED) is 0.403. The van der Waals surface area contributed by atoms with Crippen molar-refractivity contribution >= 4 is 37.3 Å². The number of nitrogens with one attached hydrogen (secondary N) is 2. The second kappa shape index (κ2) is 11.3. The molecule has 10 nitrogen and oxygen atoms in total.